The Morgan fingerprint density at radius 1 is 1.22 bits per heavy atom. The van der Waals surface area contributed by atoms with Gasteiger partial charge in [-0.2, -0.15) is 0 Å². The molecule has 0 atom stereocenters. The summed E-state index contributed by atoms with van der Waals surface area (Å²) in [4.78, 5) is 15.0. The zero-order chi connectivity index (χ0) is 12.9. The molecule has 3 nitrogen and oxygen atoms in total. The maximum absolute atomic E-state index is 11.6. The number of fused-ring (bicyclic) bond motifs is 3. The third-order valence-corrected chi connectivity index (χ3v) is 3.57. The third kappa shape index (κ3) is 1.34. The van der Waals surface area contributed by atoms with Crippen LogP contribution in [0.5, 0.6) is 0 Å². The molecular formula is C15H14N2O. The van der Waals surface area contributed by atoms with Crippen molar-refractivity contribution in [1.82, 2.24) is 4.98 Å². The number of primary amides is 1. The lowest BCUT2D eigenvalue weighted by atomic mass is 9.99. The lowest BCUT2D eigenvalue weighted by molar-refractivity contribution is 0.100. The predicted molar refractivity (Wildman–Crippen MR) is 73.8 cm³/mol. The number of aromatic amines is 1. The average Bonchev–Trinajstić information content (AvgIpc) is 2.73. The Bertz CT molecular complexity index is 784. The second kappa shape index (κ2) is 3.60. The van der Waals surface area contributed by atoms with Crippen molar-refractivity contribution in [2.24, 2.45) is 5.73 Å². The summed E-state index contributed by atoms with van der Waals surface area (Å²) >= 11 is 0. The number of nitrogens with one attached hydrogen (secondary N) is 1. The summed E-state index contributed by atoms with van der Waals surface area (Å²) in [6, 6.07) is 9.84. The van der Waals surface area contributed by atoms with Gasteiger partial charge in [0.2, 0.25) is 5.91 Å². The number of nitrogens with two attached hydrogens (primary N) is 1. The van der Waals surface area contributed by atoms with E-state index in [1.54, 1.807) is 0 Å². The number of hydrogen-bond acceptors (Lipinski definition) is 1. The molecule has 1 aromatic heterocycles. The normalized spacial score (nSPS) is 11.2. The van der Waals surface area contributed by atoms with Gasteiger partial charge < -0.3 is 10.7 Å². The highest BCUT2D eigenvalue weighted by Crippen LogP contribution is 2.31. The molecular weight excluding hydrogens is 224 g/mol. The van der Waals surface area contributed by atoms with Crippen LogP contribution in [0.4, 0.5) is 0 Å². The van der Waals surface area contributed by atoms with Crippen molar-refractivity contribution < 1.29 is 4.79 Å². The minimum atomic E-state index is -0.382. The molecule has 0 aliphatic heterocycles. The number of carbonyl (C=O) groups is 1. The molecule has 0 saturated carbocycles. The summed E-state index contributed by atoms with van der Waals surface area (Å²) in [6.45, 7) is 4.05. The highest BCUT2D eigenvalue weighted by atomic mass is 16.1. The van der Waals surface area contributed by atoms with E-state index in [1.807, 2.05) is 37.3 Å². The van der Waals surface area contributed by atoms with Crippen LogP contribution in [0.2, 0.25) is 0 Å². The van der Waals surface area contributed by atoms with Gasteiger partial charge in [0.05, 0.1) is 5.52 Å². The number of hydrogen-bond donors (Lipinski definition) is 2. The van der Waals surface area contributed by atoms with E-state index in [0.29, 0.717) is 5.56 Å². The van der Waals surface area contributed by atoms with E-state index in [0.717, 1.165) is 32.9 Å². The molecule has 0 unspecified atom stereocenters. The fourth-order valence-electron chi connectivity index (χ4n) is 2.49. The molecule has 0 aliphatic carbocycles. The van der Waals surface area contributed by atoms with Gasteiger partial charge in [0.1, 0.15) is 0 Å². The van der Waals surface area contributed by atoms with Gasteiger partial charge in [-0.1, -0.05) is 18.2 Å². The molecule has 0 saturated heterocycles. The molecule has 0 fully saturated rings. The number of H-pyrrole nitrogens is 1. The number of para-hydroxylation sites is 1. The molecule has 90 valence electrons. The summed E-state index contributed by atoms with van der Waals surface area (Å²) in [7, 11) is 0. The molecule has 3 aromatic rings. The predicted octanol–water partition coefficient (Wildman–Crippen LogP) is 3.04. The van der Waals surface area contributed by atoms with E-state index in [2.05, 4.69) is 11.9 Å². The van der Waals surface area contributed by atoms with E-state index in [-0.39, 0.29) is 5.91 Å². The number of amides is 1. The first-order valence-corrected chi connectivity index (χ1v) is 5.90. The number of aromatic nitrogens is 1. The van der Waals surface area contributed by atoms with Crippen LogP contribution >= 0.6 is 0 Å². The third-order valence-electron chi connectivity index (χ3n) is 3.57. The first kappa shape index (κ1) is 10.8. The first-order valence-electron chi connectivity index (χ1n) is 5.90. The Hall–Kier alpha value is -2.29. The Morgan fingerprint density at radius 3 is 2.67 bits per heavy atom. The molecule has 0 spiro atoms. The highest BCUT2D eigenvalue weighted by Gasteiger charge is 2.15. The van der Waals surface area contributed by atoms with Crippen molar-refractivity contribution in [1.29, 1.82) is 0 Å². The van der Waals surface area contributed by atoms with Gasteiger partial charge >= 0.3 is 0 Å². The zero-order valence-corrected chi connectivity index (χ0v) is 10.4. The zero-order valence-electron chi connectivity index (χ0n) is 10.4. The Kier molecular flexibility index (Phi) is 2.17. The number of aryl methyl sites for hydroxylation is 2. The van der Waals surface area contributed by atoms with Gasteiger partial charge in [-0.15, -0.1) is 0 Å². The molecule has 3 N–H and O–H groups in total. The molecule has 18 heavy (non-hydrogen) atoms. The van der Waals surface area contributed by atoms with E-state index >= 15 is 0 Å². The van der Waals surface area contributed by atoms with Crippen LogP contribution in [0.3, 0.4) is 0 Å². The Balaban J connectivity index is 2.62. The van der Waals surface area contributed by atoms with Crippen molar-refractivity contribution in [3.8, 4) is 0 Å². The summed E-state index contributed by atoms with van der Waals surface area (Å²) in [6.07, 6.45) is 0. The monoisotopic (exact) mass is 238 g/mol. The van der Waals surface area contributed by atoms with Crippen LogP contribution < -0.4 is 5.73 Å². The lowest BCUT2D eigenvalue weighted by Crippen LogP contribution is -2.12. The molecule has 1 heterocycles. The maximum Gasteiger partial charge on any atom is 0.249 e. The van der Waals surface area contributed by atoms with E-state index in [9.17, 15) is 4.79 Å². The number of carbonyl (C=O) groups excluding carboxylic acids is 1. The molecule has 0 bridgehead atoms. The fraction of sp³-hybridized carbons (Fsp3) is 0.133. The van der Waals surface area contributed by atoms with Gasteiger partial charge in [-0.25, -0.2) is 0 Å². The van der Waals surface area contributed by atoms with Crippen molar-refractivity contribution >= 4 is 27.7 Å². The van der Waals surface area contributed by atoms with Crippen LogP contribution in [0.25, 0.3) is 21.8 Å². The Labute approximate surface area is 105 Å². The second-order valence-electron chi connectivity index (χ2n) is 4.65. The number of rotatable bonds is 1. The number of benzene rings is 2. The van der Waals surface area contributed by atoms with Crippen LogP contribution in [-0.4, -0.2) is 10.9 Å². The van der Waals surface area contributed by atoms with Gasteiger partial charge in [-0.3, -0.25) is 4.79 Å². The fourth-order valence-corrected chi connectivity index (χ4v) is 2.49. The van der Waals surface area contributed by atoms with Crippen molar-refractivity contribution in [3.63, 3.8) is 0 Å². The first-order chi connectivity index (χ1) is 8.59. The summed E-state index contributed by atoms with van der Waals surface area (Å²) in [5.74, 6) is -0.382. The molecule has 0 radical (unpaired) electrons. The molecule has 3 rings (SSSR count). The van der Waals surface area contributed by atoms with Crippen LogP contribution in [0.15, 0.2) is 30.3 Å². The smallest absolute Gasteiger partial charge is 0.249 e. The van der Waals surface area contributed by atoms with Crippen LogP contribution in [-0.2, 0) is 0 Å². The maximum atomic E-state index is 11.6. The lowest BCUT2D eigenvalue weighted by Gasteiger charge is -2.06. The quantitative estimate of drug-likeness (QED) is 0.672. The van der Waals surface area contributed by atoms with E-state index < -0.39 is 0 Å². The largest absolute Gasteiger partial charge is 0.366 e. The van der Waals surface area contributed by atoms with Gasteiger partial charge in [-0.05, 0) is 37.1 Å². The standard InChI is InChI=1S/C15H14N2O/c1-8-7-11(15(16)18)13-10-5-3-4-6-12(10)17-14(13)9(8)2/h3-7,17H,1-2H3,(H2,16,18). The molecule has 0 aliphatic rings. The van der Waals surface area contributed by atoms with Gasteiger partial charge in [0, 0.05) is 21.9 Å². The molecule has 2 aromatic carbocycles. The second-order valence-corrected chi connectivity index (χ2v) is 4.65. The van der Waals surface area contributed by atoms with E-state index in [4.69, 9.17) is 5.73 Å². The van der Waals surface area contributed by atoms with Gasteiger partial charge in [0.15, 0.2) is 0 Å². The Morgan fingerprint density at radius 2 is 1.94 bits per heavy atom. The van der Waals surface area contributed by atoms with Crippen molar-refractivity contribution in [3.05, 3.63) is 47.0 Å². The van der Waals surface area contributed by atoms with Crippen molar-refractivity contribution in [2.75, 3.05) is 0 Å². The minimum absolute atomic E-state index is 0.382. The SMILES string of the molecule is Cc1cc(C(N)=O)c2c([nH]c3ccccc32)c1C. The average molecular weight is 238 g/mol. The van der Waals surface area contributed by atoms with E-state index in [1.165, 1.54) is 0 Å². The van der Waals surface area contributed by atoms with Crippen LogP contribution in [0.1, 0.15) is 21.5 Å². The summed E-state index contributed by atoms with van der Waals surface area (Å²) in [5, 5.41) is 1.98. The van der Waals surface area contributed by atoms with Crippen LogP contribution in [0, 0.1) is 13.8 Å². The minimum Gasteiger partial charge on any atom is -0.366 e. The molecule has 3 heteroatoms. The summed E-state index contributed by atoms with van der Waals surface area (Å²) < 4.78 is 0. The molecule has 1 amide bonds. The van der Waals surface area contributed by atoms with Crippen molar-refractivity contribution in [2.45, 2.75) is 13.8 Å². The highest BCUT2D eigenvalue weighted by molar-refractivity contribution is 6.18. The topological polar surface area (TPSA) is 58.9 Å². The summed E-state index contributed by atoms with van der Waals surface area (Å²) in [5.41, 5.74) is 10.4. The van der Waals surface area contributed by atoms with Gasteiger partial charge in [0.25, 0.3) is 0 Å².